The van der Waals surface area contributed by atoms with Crippen molar-refractivity contribution in [2.45, 2.75) is 56.6 Å². The quantitative estimate of drug-likeness (QED) is 0.263. The smallest absolute Gasteiger partial charge is 0.328 e. The van der Waals surface area contributed by atoms with Crippen molar-refractivity contribution in [1.82, 2.24) is 9.62 Å². The Morgan fingerprint density at radius 2 is 1.67 bits per heavy atom. The molecule has 10 heteroatoms. The van der Waals surface area contributed by atoms with Crippen molar-refractivity contribution in [3.05, 3.63) is 111 Å². The molecule has 3 aromatic carbocycles. The van der Waals surface area contributed by atoms with Gasteiger partial charge in [0.2, 0.25) is 15.9 Å². The van der Waals surface area contributed by atoms with Gasteiger partial charge in [-0.3, -0.25) is 4.79 Å². The van der Waals surface area contributed by atoms with E-state index in [1.807, 2.05) is 13.8 Å². The van der Waals surface area contributed by atoms with Gasteiger partial charge in [-0.15, -0.1) is 0 Å². The first kappa shape index (κ1) is 31.8. The third-order valence-electron chi connectivity index (χ3n) is 7.25. The van der Waals surface area contributed by atoms with Crippen LogP contribution >= 0.6 is 23.2 Å². The Morgan fingerprint density at radius 1 is 0.976 bits per heavy atom. The van der Waals surface area contributed by atoms with E-state index < -0.39 is 40.0 Å². The maximum Gasteiger partial charge on any atom is 0.328 e. The van der Waals surface area contributed by atoms with Gasteiger partial charge in [0.15, 0.2) is 0 Å². The van der Waals surface area contributed by atoms with Crippen LogP contribution in [0.4, 0.5) is 0 Å². The summed E-state index contributed by atoms with van der Waals surface area (Å²) in [6.45, 7) is 5.60. The average molecular weight is 630 g/mol. The van der Waals surface area contributed by atoms with Gasteiger partial charge in [0.05, 0.1) is 24.1 Å². The first-order chi connectivity index (χ1) is 19.9. The number of methoxy groups -OCH3 is 1. The second-order valence-electron chi connectivity index (χ2n) is 10.7. The normalized spacial score (nSPS) is 18.3. The van der Waals surface area contributed by atoms with Gasteiger partial charge in [0, 0.05) is 15.6 Å². The Balaban J connectivity index is 1.93. The molecule has 3 atom stereocenters. The number of aryl methyl sites for hydroxylation is 1. The number of benzene rings is 3. The Labute approximate surface area is 257 Å². The van der Waals surface area contributed by atoms with Crippen molar-refractivity contribution >= 4 is 45.1 Å². The summed E-state index contributed by atoms with van der Waals surface area (Å²) in [5.41, 5.74) is 1.99. The first-order valence-electron chi connectivity index (χ1n) is 13.6. The van der Waals surface area contributed by atoms with E-state index in [-0.39, 0.29) is 22.8 Å². The molecule has 1 aliphatic rings. The molecule has 222 valence electrons. The van der Waals surface area contributed by atoms with Gasteiger partial charge in [0.1, 0.15) is 6.04 Å². The molecule has 42 heavy (non-hydrogen) atoms. The highest BCUT2D eigenvalue weighted by atomic mass is 35.5. The maximum absolute atomic E-state index is 14.7. The molecule has 3 aromatic rings. The van der Waals surface area contributed by atoms with Crippen LogP contribution in [-0.4, -0.2) is 37.8 Å². The van der Waals surface area contributed by atoms with Crippen LogP contribution in [0.5, 0.6) is 0 Å². The van der Waals surface area contributed by atoms with Crippen molar-refractivity contribution < 1.29 is 22.7 Å². The summed E-state index contributed by atoms with van der Waals surface area (Å²) in [6.07, 6.45) is 2.31. The number of rotatable bonds is 9. The average Bonchev–Trinajstić information content (AvgIpc) is 2.96. The number of carbonyl (C=O) groups excluding carboxylic acids is 2. The van der Waals surface area contributed by atoms with Crippen molar-refractivity contribution in [3.8, 4) is 0 Å². The van der Waals surface area contributed by atoms with Crippen LogP contribution in [0.25, 0.3) is 0 Å². The molecular formula is C32H34Cl2N2O5S. The Kier molecular flexibility index (Phi) is 10.1. The van der Waals surface area contributed by atoms with Crippen molar-refractivity contribution in [1.29, 1.82) is 0 Å². The van der Waals surface area contributed by atoms with Gasteiger partial charge >= 0.3 is 5.97 Å². The zero-order chi connectivity index (χ0) is 30.6. The molecule has 0 aromatic heterocycles. The van der Waals surface area contributed by atoms with Crippen molar-refractivity contribution in [3.63, 3.8) is 0 Å². The summed E-state index contributed by atoms with van der Waals surface area (Å²) in [5, 5.41) is 3.72. The van der Waals surface area contributed by atoms with Crippen LogP contribution in [0.1, 0.15) is 55.5 Å². The number of nitrogens with one attached hydrogen (secondary N) is 1. The molecule has 1 heterocycles. The highest BCUT2D eigenvalue weighted by Crippen LogP contribution is 2.46. The molecule has 0 bridgehead atoms. The van der Waals surface area contributed by atoms with Crippen LogP contribution in [0.2, 0.25) is 10.0 Å². The summed E-state index contributed by atoms with van der Waals surface area (Å²) in [6, 6.07) is 17.9. The number of amides is 1. The number of sulfonamides is 1. The van der Waals surface area contributed by atoms with E-state index in [4.69, 9.17) is 27.9 Å². The van der Waals surface area contributed by atoms with Crippen LogP contribution in [0.15, 0.2) is 89.3 Å². The lowest BCUT2D eigenvalue weighted by molar-refractivity contribution is -0.145. The van der Waals surface area contributed by atoms with E-state index in [2.05, 4.69) is 5.32 Å². The van der Waals surface area contributed by atoms with Gasteiger partial charge < -0.3 is 10.1 Å². The van der Waals surface area contributed by atoms with E-state index in [1.54, 1.807) is 85.8 Å². The third kappa shape index (κ3) is 6.89. The molecule has 1 amide bonds. The molecule has 0 aliphatic carbocycles. The summed E-state index contributed by atoms with van der Waals surface area (Å²) < 4.78 is 35.6. The SMILES string of the molecule is COC(=O)[C@H](CC(C)C)NC(=O)C1=CC[C@@H](c2ccc(Cl)cc2)N(S(=O)(=O)c2ccccc2C)C1c1cccc(Cl)c1. The van der Waals surface area contributed by atoms with Gasteiger partial charge in [-0.25, -0.2) is 13.2 Å². The van der Waals surface area contributed by atoms with Crippen LogP contribution < -0.4 is 5.32 Å². The lowest BCUT2D eigenvalue weighted by Crippen LogP contribution is -2.48. The van der Waals surface area contributed by atoms with Gasteiger partial charge in [-0.05, 0) is 72.7 Å². The minimum Gasteiger partial charge on any atom is -0.467 e. The second-order valence-corrected chi connectivity index (χ2v) is 13.4. The Bertz CT molecular complexity index is 1590. The Morgan fingerprint density at radius 3 is 2.29 bits per heavy atom. The zero-order valence-corrected chi connectivity index (χ0v) is 26.2. The van der Waals surface area contributed by atoms with Crippen LogP contribution in [-0.2, 0) is 24.3 Å². The lowest BCUT2D eigenvalue weighted by Gasteiger charge is -2.41. The third-order valence-corrected chi connectivity index (χ3v) is 9.77. The number of nitrogens with zero attached hydrogens (tertiary/aromatic N) is 1. The fourth-order valence-electron chi connectivity index (χ4n) is 5.29. The van der Waals surface area contributed by atoms with Gasteiger partial charge in [0.25, 0.3) is 0 Å². The maximum atomic E-state index is 14.7. The Hall–Kier alpha value is -3.17. The number of ether oxygens (including phenoxy) is 1. The number of esters is 1. The van der Waals surface area contributed by atoms with E-state index in [1.165, 1.54) is 11.4 Å². The molecule has 1 aliphatic heterocycles. The van der Waals surface area contributed by atoms with E-state index >= 15 is 0 Å². The summed E-state index contributed by atoms with van der Waals surface area (Å²) in [7, 11) is -2.93. The molecule has 0 saturated carbocycles. The monoisotopic (exact) mass is 628 g/mol. The van der Waals surface area contributed by atoms with E-state index in [0.717, 1.165) is 0 Å². The van der Waals surface area contributed by atoms with E-state index in [9.17, 15) is 18.0 Å². The highest BCUT2D eigenvalue weighted by Gasteiger charge is 2.45. The number of hydrogen-bond acceptors (Lipinski definition) is 5. The number of halogens is 2. The number of hydrogen-bond donors (Lipinski definition) is 1. The largest absolute Gasteiger partial charge is 0.467 e. The zero-order valence-electron chi connectivity index (χ0n) is 23.9. The minimum absolute atomic E-state index is 0.0886. The molecule has 0 radical (unpaired) electrons. The summed E-state index contributed by atoms with van der Waals surface area (Å²) in [5.74, 6) is -1.04. The fourth-order valence-corrected chi connectivity index (χ4v) is 7.63. The predicted molar refractivity (Wildman–Crippen MR) is 165 cm³/mol. The molecule has 7 nitrogen and oxygen atoms in total. The molecule has 1 N–H and O–H groups in total. The van der Waals surface area contributed by atoms with Gasteiger partial charge in [-0.1, -0.05) is 85.6 Å². The molecule has 1 unspecified atom stereocenters. The van der Waals surface area contributed by atoms with E-state index in [0.29, 0.717) is 33.2 Å². The lowest BCUT2D eigenvalue weighted by atomic mass is 9.88. The molecular weight excluding hydrogens is 595 g/mol. The van der Waals surface area contributed by atoms with Gasteiger partial charge in [-0.2, -0.15) is 4.31 Å². The molecule has 0 saturated heterocycles. The topological polar surface area (TPSA) is 92.8 Å². The van der Waals surface area contributed by atoms with Crippen LogP contribution in [0.3, 0.4) is 0 Å². The summed E-state index contributed by atoms with van der Waals surface area (Å²) >= 11 is 12.6. The van der Waals surface area contributed by atoms with Crippen molar-refractivity contribution in [2.75, 3.05) is 7.11 Å². The molecule has 0 spiro atoms. The highest BCUT2D eigenvalue weighted by molar-refractivity contribution is 7.89. The first-order valence-corrected chi connectivity index (χ1v) is 15.8. The number of carbonyl (C=O) groups is 2. The summed E-state index contributed by atoms with van der Waals surface area (Å²) in [4.78, 5) is 26.7. The minimum atomic E-state index is -4.20. The second kappa shape index (κ2) is 13.4. The van der Waals surface area contributed by atoms with Crippen molar-refractivity contribution in [2.24, 2.45) is 5.92 Å². The fraction of sp³-hybridized carbons (Fsp3) is 0.312. The van der Waals surface area contributed by atoms with Crippen LogP contribution in [0, 0.1) is 12.8 Å². The molecule has 4 rings (SSSR count). The molecule has 0 fully saturated rings. The predicted octanol–water partition coefficient (Wildman–Crippen LogP) is 6.81. The standard InChI is InChI=1S/C32H34Cl2N2O5S/c1-20(2)18-27(32(38)41-4)35-31(37)26-16-17-28(22-12-14-24(33)15-13-22)36(30(26)23-9-7-10-25(34)19-23)42(39,40)29-11-6-5-8-21(29)3/h5-16,19-20,27-28,30H,17-18H2,1-4H3,(H,35,37)/t27-,28-,30?/m0/s1.